The van der Waals surface area contributed by atoms with Crippen molar-refractivity contribution in [3.8, 4) is 0 Å². The maximum absolute atomic E-state index is 5.08. The minimum atomic E-state index is -0.208. The first-order chi connectivity index (χ1) is 6.60. The number of methoxy groups -OCH3 is 2. The van der Waals surface area contributed by atoms with E-state index in [-0.39, 0.29) is 6.29 Å². The Bertz CT molecular complexity index is 190. The minimum Gasteiger partial charge on any atom is -0.352 e. The van der Waals surface area contributed by atoms with Crippen molar-refractivity contribution in [1.82, 2.24) is 0 Å². The standard InChI is InChI=1S/C12H22O2/c1-10(2)7-6-8-11(3)9-12(13-4)14-5/h9,12H,1,6-8H2,2-5H3. The fourth-order valence-corrected chi connectivity index (χ4v) is 1.22. The van der Waals surface area contributed by atoms with Gasteiger partial charge in [0.15, 0.2) is 6.29 Å². The van der Waals surface area contributed by atoms with Gasteiger partial charge in [0.25, 0.3) is 0 Å². The summed E-state index contributed by atoms with van der Waals surface area (Å²) in [5.74, 6) is 0. The number of allylic oxidation sites excluding steroid dienone is 2. The highest BCUT2D eigenvalue weighted by molar-refractivity contribution is 5.01. The molecule has 0 amide bonds. The number of hydrogen-bond acceptors (Lipinski definition) is 2. The lowest BCUT2D eigenvalue weighted by atomic mass is 10.1. The summed E-state index contributed by atoms with van der Waals surface area (Å²) in [5, 5.41) is 0. The van der Waals surface area contributed by atoms with Gasteiger partial charge in [-0.15, -0.1) is 6.58 Å². The molecule has 14 heavy (non-hydrogen) atoms. The summed E-state index contributed by atoms with van der Waals surface area (Å²) in [5.41, 5.74) is 2.55. The topological polar surface area (TPSA) is 18.5 Å². The average Bonchev–Trinajstić information content (AvgIpc) is 2.13. The molecule has 82 valence electrons. The highest BCUT2D eigenvalue weighted by atomic mass is 16.7. The van der Waals surface area contributed by atoms with Crippen LogP contribution >= 0.6 is 0 Å². The SMILES string of the molecule is C=C(C)CCCC(C)=CC(OC)OC. The molecule has 0 radical (unpaired) electrons. The Morgan fingerprint density at radius 1 is 1.21 bits per heavy atom. The molecule has 0 bridgehead atoms. The normalized spacial score (nSPS) is 12.2. The molecule has 0 aliphatic rings. The van der Waals surface area contributed by atoms with Crippen molar-refractivity contribution < 1.29 is 9.47 Å². The first-order valence-corrected chi connectivity index (χ1v) is 4.97. The van der Waals surface area contributed by atoms with Crippen LogP contribution in [0.1, 0.15) is 33.1 Å². The van der Waals surface area contributed by atoms with Crippen LogP contribution in [0.2, 0.25) is 0 Å². The fourth-order valence-electron chi connectivity index (χ4n) is 1.22. The molecule has 0 saturated heterocycles. The first kappa shape index (κ1) is 13.4. The van der Waals surface area contributed by atoms with Crippen LogP contribution in [0.15, 0.2) is 23.8 Å². The molecule has 0 unspecified atom stereocenters. The molecular weight excluding hydrogens is 176 g/mol. The number of hydrogen-bond donors (Lipinski definition) is 0. The molecule has 0 atom stereocenters. The zero-order chi connectivity index (χ0) is 11.0. The molecule has 0 aliphatic heterocycles. The lowest BCUT2D eigenvalue weighted by Crippen LogP contribution is -2.09. The summed E-state index contributed by atoms with van der Waals surface area (Å²) >= 11 is 0. The van der Waals surface area contributed by atoms with E-state index in [0.29, 0.717) is 0 Å². The quantitative estimate of drug-likeness (QED) is 0.461. The molecule has 2 heteroatoms. The molecule has 0 aromatic rings. The van der Waals surface area contributed by atoms with Gasteiger partial charge in [0.05, 0.1) is 0 Å². The molecule has 0 rings (SSSR count). The molecule has 2 nitrogen and oxygen atoms in total. The van der Waals surface area contributed by atoms with Crippen LogP contribution in [-0.2, 0) is 9.47 Å². The third-order valence-corrected chi connectivity index (χ3v) is 2.06. The second-order valence-electron chi connectivity index (χ2n) is 3.66. The van der Waals surface area contributed by atoms with Crippen molar-refractivity contribution in [1.29, 1.82) is 0 Å². The molecule has 0 spiro atoms. The number of ether oxygens (including phenoxy) is 2. The van der Waals surface area contributed by atoms with Crippen LogP contribution < -0.4 is 0 Å². The fraction of sp³-hybridized carbons (Fsp3) is 0.667. The molecule has 0 saturated carbocycles. The van der Waals surface area contributed by atoms with Gasteiger partial charge in [-0.25, -0.2) is 0 Å². The van der Waals surface area contributed by atoms with E-state index in [1.165, 1.54) is 11.1 Å². The molecule has 0 aromatic carbocycles. The summed E-state index contributed by atoms with van der Waals surface area (Å²) in [4.78, 5) is 0. The van der Waals surface area contributed by atoms with Gasteiger partial charge in [-0.05, 0) is 39.2 Å². The van der Waals surface area contributed by atoms with E-state index < -0.39 is 0 Å². The lowest BCUT2D eigenvalue weighted by Gasteiger charge is -2.10. The lowest BCUT2D eigenvalue weighted by molar-refractivity contribution is -0.0671. The average molecular weight is 198 g/mol. The van der Waals surface area contributed by atoms with Crippen LogP contribution in [0.4, 0.5) is 0 Å². The van der Waals surface area contributed by atoms with E-state index in [1.54, 1.807) is 14.2 Å². The molecule has 0 fully saturated rings. The van der Waals surface area contributed by atoms with E-state index in [9.17, 15) is 0 Å². The Hall–Kier alpha value is -0.600. The molecule has 0 aliphatic carbocycles. The van der Waals surface area contributed by atoms with Crippen LogP contribution in [0, 0.1) is 0 Å². The second-order valence-corrected chi connectivity index (χ2v) is 3.66. The minimum absolute atomic E-state index is 0.208. The van der Waals surface area contributed by atoms with Crippen molar-refractivity contribution in [2.45, 2.75) is 39.4 Å². The predicted molar refractivity (Wildman–Crippen MR) is 60.2 cm³/mol. The van der Waals surface area contributed by atoms with Crippen molar-refractivity contribution in [3.05, 3.63) is 23.8 Å². The van der Waals surface area contributed by atoms with Gasteiger partial charge >= 0.3 is 0 Å². The van der Waals surface area contributed by atoms with Crippen molar-refractivity contribution >= 4 is 0 Å². The van der Waals surface area contributed by atoms with Gasteiger partial charge in [-0.1, -0.05) is 11.1 Å². The van der Waals surface area contributed by atoms with Gasteiger partial charge in [0.2, 0.25) is 0 Å². The van der Waals surface area contributed by atoms with E-state index in [1.807, 2.05) is 6.08 Å². The Morgan fingerprint density at radius 2 is 1.79 bits per heavy atom. The van der Waals surface area contributed by atoms with E-state index in [0.717, 1.165) is 19.3 Å². The third-order valence-electron chi connectivity index (χ3n) is 2.06. The van der Waals surface area contributed by atoms with Crippen LogP contribution in [0.25, 0.3) is 0 Å². The monoisotopic (exact) mass is 198 g/mol. The van der Waals surface area contributed by atoms with Crippen LogP contribution in [0.5, 0.6) is 0 Å². The molecular formula is C12H22O2. The highest BCUT2D eigenvalue weighted by Gasteiger charge is 2.00. The first-order valence-electron chi connectivity index (χ1n) is 4.97. The number of rotatable bonds is 7. The third kappa shape index (κ3) is 6.87. The van der Waals surface area contributed by atoms with Crippen molar-refractivity contribution in [3.63, 3.8) is 0 Å². The van der Waals surface area contributed by atoms with E-state index in [2.05, 4.69) is 20.4 Å². The predicted octanol–water partition coefficient (Wildman–Crippen LogP) is 3.30. The zero-order valence-corrected chi connectivity index (χ0v) is 9.80. The highest BCUT2D eigenvalue weighted by Crippen LogP contribution is 2.11. The zero-order valence-electron chi connectivity index (χ0n) is 9.80. The van der Waals surface area contributed by atoms with E-state index >= 15 is 0 Å². The molecule has 0 heterocycles. The smallest absolute Gasteiger partial charge is 0.176 e. The summed E-state index contributed by atoms with van der Waals surface area (Å²) in [6.45, 7) is 8.04. The van der Waals surface area contributed by atoms with Crippen molar-refractivity contribution in [2.24, 2.45) is 0 Å². The van der Waals surface area contributed by atoms with Crippen LogP contribution in [0.3, 0.4) is 0 Å². The van der Waals surface area contributed by atoms with Crippen molar-refractivity contribution in [2.75, 3.05) is 14.2 Å². The maximum atomic E-state index is 5.08. The summed E-state index contributed by atoms with van der Waals surface area (Å²) in [6.07, 6.45) is 5.13. The largest absolute Gasteiger partial charge is 0.352 e. The molecule has 0 aromatic heterocycles. The Morgan fingerprint density at radius 3 is 2.21 bits per heavy atom. The van der Waals surface area contributed by atoms with Gasteiger partial charge < -0.3 is 9.47 Å². The van der Waals surface area contributed by atoms with Crippen LogP contribution in [-0.4, -0.2) is 20.5 Å². The maximum Gasteiger partial charge on any atom is 0.176 e. The van der Waals surface area contributed by atoms with Gasteiger partial charge in [-0.2, -0.15) is 0 Å². The van der Waals surface area contributed by atoms with Gasteiger partial charge in [0, 0.05) is 14.2 Å². The summed E-state index contributed by atoms with van der Waals surface area (Å²) in [6, 6.07) is 0. The van der Waals surface area contributed by atoms with Gasteiger partial charge in [-0.3, -0.25) is 0 Å². The Labute approximate surface area is 87.6 Å². The second kappa shape index (κ2) is 7.77. The molecule has 0 N–H and O–H groups in total. The van der Waals surface area contributed by atoms with Gasteiger partial charge in [0.1, 0.15) is 0 Å². The Kier molecular flexibility index (Phi) is 7.44. The summed E-state index contributed by atoms with van der Waals surface area (Å²) in [7, 11) is 3.29. The van der Waals surface area contributed by atoms with E-state index in [4.69, 9.17) is 9.47 Å². The summed E-state index contributed by atoms with van der Waals surface area (Å²) < 4.78 is 10.2. The Balaban J connectivity index is 3.81.